The van der Waals surface area contributed by atoms with Gasteiger partial charge in [0, 0.05) is 41.6 Å². The maximum absolute atomic E-state index is 12.2. The van der Waals surface area contributed by atoms with E-state index in [-0.39, 0.29) is 6.03 Å². The molecule has 6 heteroatoms. The van der Waals surface area contributed by atoms with Crippen molar-refractivity contribution < 1.29 is 4.79 Å². The molecule has 1 atom stereocenters. The number of H-pyrrole nitrogens is 1. The lowest BCUT2D eigenvalue weighted by Crippen LogP contribution is -2.32. The molecule has 0 saturated carbocycles. The number of hydrogen-bond donors (Lipinski definition) is 2. The molecule has 5 nitrogen and oxygen atoms in total. The largest absolute Gasteiger partial charge is 0.324 e. The number of aromatic amines is 1. The molecular formula is C14H15ClN4O. The molecule has 104 valence electrons. The van der Waals surface area contributed by atoms with E-state index in [1.54, 1.807) is 18.3 Å². The van der Waals surface area contributed by atoms with Crippen LogP contribution < -0.4 is 5.32 Å². The van der Waals surface area contributed by atoms with Crippen LogP contribution >= 0.6 is 11.6 Å². The van der Waals surface area contributed by atoms with E-state index in [9.17, 15) is 4.79 Å². The Labute approximate surface area is 121 Å². The Bertz CT molecular complexity index is 599. The second-order valence-corrected chi connectivity index (χ2v) is 5.32. The molecule has 1 aromatic heterocycles. The predicted molar refractivity (Wildman–Crippen MR) is 78.0 cm³/mol. The second kappa shape index (κ2) is 5.54. The van der Waals surface area contributed by atoms with Crippen LogP contribution in [0, 0.1) is 0 Å². The molecule has 0 radical (unpaired) electrons. The van der Waals surface area contributed by atoms with Gasteiger partial charge in [0.15, 0.2) is 0 Å². The normalized spacial score (nSPS) is 18.2. The number of rotatable bonds is 2. The van der Waals surface area contributed by atoms with Gasteiger partial charge in [0.05, 0.1) is 0 Å². The standard InChI is InChI=1S/C14H15ClN4O/c15-11-2-1-3-12(8-11)17-14(20)19-7-5-10(9-19)13-4-6-16-18-13/h1-4,6,8,10H,5,7,9H2,(H,16,18)(H,17,20). The number of likely N-dealkylation sites (tertiary alicyclic amines) is 1. The van der Waals surface area contributed by atoms with Gasteiger partial charge in [-0.15, -0.1) is 0 Å². The fourth-order valence-electron chi connectivity index (χ4n) is 2.46. The van der Waals surface area contributed by atoms with Gasteiger partial charge in [0.1, 0.15) is 0 Å². The summed E-state index contributed by atoms with van der Waals surface area (Å²) in [4.78, 5) is 14.0. The Morgan fingerprint density at radius 1 is 1.45 bits per heavy atom. The molecule has 1 aliphatic rings. The van der Waals surface area contributed by atoms with Crippen LogP contribution in [0.15, 0.2) is 36.5 Å². The number of nitrogens with zero attached hydrogens (tertiary/aromatic N) is 2. The fourth-order valence-corrected chi connectivity index (χ4v) is 2.65. The summed E-state index contributed by atoms with van der Waals surface area (Å²) in [5.74, 6) is 0.336. The van der Waals surface area contributed by atoms with Crippen LogP contribution in [0.4, 0.5) is 10.5 Å². The van der Waals surface area contributed by atoms with Gasteiger partial charge in [-0.05, 0) is 30.7 Å². The summed E-state index contributed by atoms with van der Waals surface area (Å²) in [5, 5.41) is 10.4. The summed E-state index contributed by atoms with van der Waals surface area (Å²) < 4.78 is 0. The van der Waals surface area contributed by atoms with Crippen LogP contribution in [0.25, 0.3) is 0 Å². The van der Waals surface area contributed by atoms with E-state index in [4.69, 9.17) is 11.6 Å². The minimum atomic E-state index is -0.0886. The van der Waals surface area contributed by atoms with Gasteiger partial charge < -0.3 is 10.2 Å². The van der Waals surface area contributed by atoms with Crippen LogP contribution in [0.3, 0.4) is 0 Å². The molecular weight excluding hydrogens is 276 g/mol. The molecule has 20 heavy (non-hydrogen) atoms. The van der Waals surface area contributed by atoms with E-state index in [0.717, 1.165) is 18.7 Å². The Balaban J connectivity index is 1.61. The smallest absolute Gasteiger partial charge is 0.321 e. The lowest BCUT2D eigenvalue weighted by atomic mass is 10.1. The minimum Gasteiger partial charge on any atom is -0.324 e. The fraction of sp³-hybridized carbons (Fsp3) is 0.286. The molecule has 1 fully saturated rings. The number of nitrogens with one attached hydrogen (secondary N) is 2. The third-order valence-corrected chi connectivity index (χ3v) is 3.75. The molecule has 2 amide bonds. The predicted octanol–water partition coefficient (Wildman–Crippen LogP) is 3.08. The van der Waals surface area contributed by atoms with Crippen LogP contribution in [0.2, 0.25) is 5.02 Å². The summed E-state index contributed by atoms with van der Waals surface area (Å²) >= 11 is 5.90. The molecule has 1 aromatic carbocycles. The summed E-state index contributed by atoms with van der Waals surface area (Å²) in [7, 11) is 0. The van der Waals surface area contributed by atoms with Crippen molar-refractivity contribution in [1.82, 2.24) is 15.1 Å². The van der Waals surface area contributed by atoms with E-state index < -0.39 is 0 Å². The maximum Gasteiger partial charge on any atom is 0.321 e. The van der Waals surface area contributed by atoms with Gasteiger partial charge in [-0.25, -0.2) is 4.79 Å². The quantitative estimate of drug-likeness (QED) is 0.893. The van der Waals surface area contributed by atoms with Crippen molar-refractivity contribution in [3.05, 3.63) is 47.2 Å². The monoisotopic (exact) mass is 290 g/mol. The maximum atomic E-state index is 12.2. The highest BCUT2D eigenvalue weighted by atomic mass is 35.5. The van der Waals surface area contributed by atoms with Crippen molar-refractivity contribution in [2.24, 2.45) is 0 Å². The second-order valence-electron chi connectivity index (χ2n) is 4.88. The van der Waals surface area contributed by atoms with E-state index in [2.05, 4.69) is 15.5 Å². The molecule has 1 unspecified atom stereocenters. The van der Waals surface area contributed by atoms with Crippen molar-refractivity contribution in [2.75, 3.05) is 18.4 Å². The number of benzene rings is 1. The first-order valence-electron chi connectivity index (χ1n) is 6.53. The summed E-state index contributed by atoms with van der Waals surface area (Å²) in [6, 6.07) is 9.03. The molecule has 1 saturated heterocycles. The molecule has 2 aromatic rings. The first kappa shape index (κ1) is 13.0. The van der Waals surface area contributed by atoms with Crippen molar-refractivity contribution in [3.8, 4) is 0 Å². The first-order chi connectivity index (χ1) is 9.72. The molecule has 2 N–H and O–H groups in total. The van der Waals surface area contributed by atoms with Crippen molar-refractivity contribution in [1.29, 1.82) is 0 Å². The molecule has 3 rings (SSSR count). The van der Waals surface area contributed by atoms with Crippen LogP contribution in [0.1, 0.15) is 18.0 Å². The number of anilines is 1. The summed E-state index contributed by atoms with van der Waals surface area (Å²) in [5.41, 5.74) is 1.80. The van der Waals surface area contributed by atoms with Gasteiger partial charge in [-0.2, -0.15) is 5.10 Å². The number of hydrogen-bond acceptors (Lipinski definition) is 2. The molecule has 0 bridgehead atoms. The Morgan fingerprint density at radius 3 is 3.10 bits per heavy atom. The van der Waals surface area contributed by atoms with E-state index in [0.29, 0.717) is 23.2 Å². The van der Waals surface area contributed by atoms with Crippen LogP contribution in [-0.2, 0) is 0 Å². The molecule has 0 spiro atoms. The number of carbonyl (C=O) groups is 1. The lowest BCUT2D eigenvalue weighted by molar-refractivity contribution is 0.222. The highest BCUT2D eigenvalue weighted by molar-refractivity contribution is 6.30. The third kappa shape index (κ3) is 2.77. The number of halogens is 1. The molecule has 1 aliphatic heterocycles. The Morgan fingerprint density at radius 2 is 2.35 bits per heavy atom. The van der Waals surface area contributed by atoms with Crippen molar-refractivity contribution >= 4 is 23.3 Å². The van der Waals surface area contributed by atoms with Gasteiger partial charge >= 0.3 is 6.03 Å². The number of carbonyl (C=O) groups excluding carboxylic acids is 1. The number of urea groups is 1. The Kier molecular flexibility index (Phi) is 3.60. The van der Waals surface area contributed by atoms with Crippen molar-refractivity contribution in [3.63, 3.8) is 0 Å². The average Bonchev–Trinajstić information content (AvgIpc) is 3.10. The van der Waals surface area contributed by atoms with Gasteiger partial charge in [0.25, 0.3) is 0 Å². The number of aromatic nitrogens is 2. The van der Waals surface area contributed by atoms with E-state index >= 15 is 0 Å². The average molecular weight is 291 g/mol. The van der Waals surface area contributed by atoms with Crippen LogP contribution in [-0.4, -0.2) is 34.2 Å². The minimum absolute atomic E-state index is 0.0886. The first-order valence-corrected chi connectivity index (χ1v) is 6.91. The Hall–Kier alpha value is -2.01. The van der Waals surface area contributed by atoms with Gasteiger partial charge in [-0.3, -0.25) is 5.10 Å². The molecule has 2 heterocycles. The molecule has 0 aliphatic carbocycles. The zero-order chi connectivity index (χ0) is 13.9. The van der Waals surface area contributed by atoms with Crippen molar-refractivity contribution in [2.45, 2.75) is 12.3 Å². The van der Waals surface area contributed by atoms with Gasteiger partial charge in [0.2, 0.25) is 0 Å². The summed E-state index contributed by atoms with van der Waals surface area (Å²) in [6.07, 6.45) is 2.69. The highest BCUT2D eigenvalue weighted by Crippen LogP contribution is 2.26. The van der Waals surface area contributed by atoms with E-state index in [1.165, 1.54) is 0 Å². The number of amides is 2. The SMILES string of the molecule is O=C(Nc1cccc(Cl)c1)N1CCC(c2ccn[nH]2)C1. The summed E-state index contributed by atoms with van der Waals surface area (Å²) in [6.45, 7) is 1.45. The zero-order valence-electron chi connectivity index (χ0n) is 10.8. The highest BCUT2D eigenvalue weighted by Gasteiger charge is 2.28. The van der Waals surface area contributed by atoms with Crippen LogP contribution in [0.5, 0.6) is 0 Å². The zero-order valence-corrected chi connectivity index (χ0v) is 11.6. The van der Waals surface area contributed by atoms with E-state index in [1.807, 2.05) is 23.1 Å². The lowest BCUT2D eigenvalue weighted by Gasteiger charge is -2.17. The van der Waals surface area contributed by atoms with Gasteiger partial charge in [-0.1, -0.05) is 17.7 Å². The topological polar surface area (TPSA) is 61.0 Å². The third-order valence-electron chi connectivity index (χ3n) is 3.51.